The molecule has 1 rings (SSSR count). The van der Waals surface area contributed by atoms with E-state index >= 15 is 0 Å². The summed E-state index contributed by atoms with van der Waals surface area (Å²) in [5.74, 6) is 1.03. The van der Waals surface area contributed by atoms with E-state index in [0.717, 1.165) is 6.42 Å². The average Bonchev–Trinajstić information content (AvgIpc) is 2.24. The summed E-state index contributed by atoms with van der Waals surface area (Å²) in [5.41, 5.74) is 5.62. The van der Waals surface area contributed by atoms with Crippen molar-refractivity contribution >= 4 is 10.2 Å². The molecule has 1 heterocycles. The molecule has 3 N–H and O–H groups in total. The number of nitrogens with one attached hydrogen (secondary N) is 1. The van der Waals surface area contributed by atoms with Crippen molar-refractivity contribution in [3.8, 4) is 0 Å². The first-order valence-electron chi connectivity index (χ1n) is 6.73. The quantitative estimate of drug-likeness (QED) is 0.780. The second-order valence-corrected chi connectivity index (χ2v) is 7.67. The second-order valence-electron chi connectivity index (χ2n) is 5.97. The molecular formula is C12H27N3O2S. The lowest BCUT2D eigenvalue weighted by Crippen LogP contribution is -2.53. The molecule has 3 unspecified atom stereocenters. The number of rotatable bonds is 5. The Morgan fingerprint density at radius 1 is 1.28 bits per heavy atom. The van der Waals surface area contributed by atoms with Crippen LogP contribution in [-0.2, 0) is 10.2 Å². The molecule has 1 aliphatic heterocycles. The van der Waals surface area contributed by atoms with Crippen molar-refractivity contribution in [2.45, 2.75) is 40.2 Å². The van der Waals surface area contributed by atoms with Crippen molar-refractivity contribution in [3.63, 3.8) is 0 Å². The molecule has 108 valence electrons. The molecule has 5 nitrogen and oxygen atoms in total. The predicted molar refractivity (Wildman–Crippen MR) is 74.3 cm³/mol. The van der Waals surface area contributed by atoms with Crippen LogP contribution in [0.4, 0.5) is 0 Å². The van der Waals surface area contributed by atoms with E-state index in [1.165, 1.54) is 0 Å². The van der Waals surface area contributed by atoms with Gasteiger partial charge in [-0.1, -0.05) is 27.7 Å². The minimum atomic E-state index is -3.40. The van der Waals surface area contributed by atoms with E-state index in [0.29, 0.717) is 31.5 Å². The molecule has 18 heavy (non-hydrogen) atoms. The fourth-order valence-electron chi connectivity index (χ4n) is 2.52. The lowest BCUT2D eigenvalue weighted by atomic mass is 9.94. The van der Waals surface area contributed by atoms with Crippen LogP contribution < -0.4 is 10.5 Å². The van der Waals surface area contributed by atoms with Gasteiger partial charge in [-0.25, -0.2) is 0 Å². The van der Waals surface area contributed by atoms with Crippen LogP contribution in [0.5, 0.6) is 0 Å². The van der Waals surface area contributed by atoms with Crippen LogP contribution in [0.1, 0.15) is 34.1 Å². The Bertz CT molecular complexity index is 346. The second kappa shape index (κ2) is 6.32. The standard InChI is InChI=1S/C12H27N3O2S/c1-9(2)12(6-13)14-18(16,17)15-7-10(3)5-11(4)8-15/h9-12,14H,5-8,13H2,1-4H3. The Kier molecular flexibility index (Phi) is 5.58. The molecule has 0 aromatic carbocycles. The highest BCUT2D eigenvalue weighted by molar-refractivity contribution is 7.87. The van der Waals surface area contributed by atoms with Gasteiger partial charge in [0.1, 0.15) is 0 Å². The van der Waals surface area contributed by atoms with Gasteiger partial charge in [-0.3, -0.25) is 0 Å². The molecule has 0 aromatic rings. The molecule has 1 aliphatic rings. The van der Waals surface area contributed by atoms with Gasteiger partial charge in [-0.05, 0) is 24.2 Å². The molecule has 0 aliphatic carbocycles. The van der Waals surface area contributed by atoms with E-state index in [-0.39, 0.29) is 12.0 Å². The first-order chi connectivity index (χ1) is 8.26. The summed E-state index contributed by atoms with van der Waals surface area (Å²) >= 11 is 0. The molecule has 0 radical (unpaired) electrons. The van der Waals surface area contributed by atoms with Crippen LogP contribution in [0.25, 0.3) is 0 Å². The smallest absolute Gasteiger partial charge is 0.279 e. The molecule has 1 saturated heterocycles. The Balaban J connectivity index is 2.73. The summed E-state index contributed by atoms with van der Waals surface area (Å²) in [7, 11) is -3.40. The minimum Gasteiger partial charge on any atom is -0.329 e. The number of nitrogens with two attached hydrogens (primary N) is 1. The van der Waals surface area contributed by atoms with Crippen LogP contribution >= 0.6 is 0 Å². The predicted octanol–water partition coefficient (Wildman–Crippen LogP) is 0.782. The SMILES string of the molecule is CC1CC(C)CN(S(=O)(=O)NC(CN)C(C)C)C1. The van der Waals surface area contributed by atoms with Crippen LogP contribution in [0.2, 0.25) is 0 Å². The molecule has 0 spiro atoms. The maximum absolute atomic E-state index is 12.3. The van der Waals surface area contributed by atoms with Crippen LogP contribution in [0, 0.1) is 17.8 Å². The van der Waals surface area contributed by atoms with Crippen LogP contribution in [-0.4, -0.2) is 38.4 Å². The van der Waals surface area contributed by atoms with Crippen LogP contribution in [0.3, 0.4) is 0 Å². The summed E-state index contributed by atoms with van der Waals surface area (Å²) in [6, 6.07) is -0.192. The van der Waals surface area contributed by atoms with E-state index in [4.69, 9.17) is 5.73 Å². The monoisotopic (exact) mass is 277 g/mol. The third-order valence-corrected chi connectivity index (χ3v) is 5.11. The van der Waals surface area contributed by atoms with Crippen molar-refractivity contribution in [2.75, 3.05) is 19.6 Å². The van der Waals surface area contributed by atoms with Crippen molar-refractivity contribution < 1.29 is 8.42 Å². The third-order valence-electron chi connectivity index (χ3n) is 3.53. The van der Waals surface area contributed by atoms with Gasteiger partial charge in [-0.15, -0.1) is 0 Å². The van der Waals surface area contributed by atoms with Gasteiger partial charge in [-0.2, -0.15) is 17.4 Å². The molecule has 0 amide bonds. The number of piperidine rings is 1. The van der Waals surface area contributed by atoms with Gasteiger partial charge in [0.2, 0.25) is 0 Å². The third kappa shape index (κ3) is 4.19. The Hall–Kier alpha value is -0.170. The zero-order valence-corrected chi connectivity index (χ0v) is 12.7. The lowest BCUT2D eigenvalue weighted by molar-refractivity contribution is 0.218. The van der Waals surface area contributed by atoms with E-state index in [2.05, 4.69) is 18.6 Å². The molecule has 6 heteroatoms. The summed E-state index contributed by atoms with van der Waals surface area (Å²) in [6.45, 7) is 9.69. The Labute approximate surface area is 111 Å². The molecule has 0 saturated carbocycles. The Morgan fingerprint density at radius 3 is 2.17 bits per heavy atom. The normalized spacial score (nSPS) is 28.6. The fraction of sp³-hybridized carbons (Fsp3) is 1.00. The van der Waals surface area contributed by atoms with Gasteiger partial charge in [0.25, 0.3) is 10.2 Å². The summed E-state index contributed by atoms with van der Waals surface area (Å²) in [5, 5.41) is 0. The molecule has 1 fully saturated rings. The highest BCUT2D eigenvalue weighted by Crippen LogP contribution is 2.23. The minimum absolute atomic E-state index is 0.192. The maximum atomic E-state index is 12.3. The van der Waals surface area contributed by atoms with Crippen molar-refractivity contribution in [3.05, 3.63) is 0 Å². The maximum Gasteiger partial charge on any atom is 0.279 e. The van der Waals surface area contributed by atoms with E-state index in [1.807, 2.05) is 13.8 Å². The topological polar surface area (TPSA) is 75.4 Å². The van der Waals surface area contributed by atoms with Gasteiger partial charge < -0.3 is 5.73 Å². The first-order valence-corrected chi connectivity index (χ1v) is 8.17. The molecular weight excluding hydrogens is 250 g/mol. The van der Waals surface area contributed by atoms with Gasteiger partial charge in [0.15, 0.2) is 0 Å². The molecule has 3 atom stereocenters. The summed E-state index contributed by atoms with van der Waals surface area (Å²) in [4.78, 5) is 0. The largest absolute Gasteiger partial charge is 0.329 e. The lowest BCUT2D eigenvalue weighted by Gasteiger charge is -2.35. The van der Waals surface area contributed by atoms with E-state index in [1.54, 1.807) is 4.31 Å². The van der Waals surface area contributed by atoms with Gasteiger partial charge in [0, 0.05) is 25.7 Å². The fourth-order valence-corrected chi connectivity index (χ4v) is 4.33. The summed E-state index contributed by atoms with van der Waals surface area (Å²) in [6.07, 6.45) is 1.09. The Morgan fingerprint density at radius 2 is 1.78 bits per heavy atom. The number of hydrogen-bond acceptors (Lipinski definition) is 3. The van der Waals surface area contributed by atoms with Crippen LogP contribution in [0.15, 0.2) is 0 Å². The van der Waals surface area contributed by atoms with Crippen molar-refractivity contribution in [2.24, 2.45) is 23.5 Å². The van der Waals surface area contributed by atoms with E-state index in [9.17, 15) is 8.42 Å². The zero-order valence-electron chi connectivity index (χ0n) is 11.9. The van der Waals surface area contributed by atoms with Crippen molar-refractivity contribution in [1.82, 2.24) is 9.03 Å². The van der Waals surface area contributed by atoms with Gasteiger partial charge in [0.05, 0.1) is 0 Å². The average molecular weight is 277 g/mol. The molecule has 0 bridgehead atoms. The zero-order chi connectivity index (χ0) is 13.9. The number of nitrogens with zero attached hydrogens (tertiary/aromatic N) is 1. The highest BCUT2D eigenvalue weighted by atomic mass is 32.2. The first kappa shape index (κ1) is 15.9. The van der Waals surface area contributed by atoms with Crippen molar-refractivity contribution in [1.29, 1.82) is 0 Å². The molecule has 0 aromatic heterocycles. The van der Waals surface area contributed by atoms with Gasteiger partial charge >= 0.3 is 0 Å². The van der Waals surface area contributed by atoms with E-state index < -0.39 is 10.2 Å². The summed E-state index contributed by atoms with van der Waals surface area (Å²) < 4.78 is 28.9. The highest BCUT2D eigenvalue weighted by Gasteiger charge is 2.32. The number of hydrogen-bond donors (Lipinski definition) is 2.